The van der Waals surface area contributed by atoms with Gasteiger partial charge in [-0.1, -0.05) is 73.4 Å². The highest BCUT2D eigenvalue weighted by atomic mass is 35.5. The normalized spacial score (nSPS) is 12.2. The van der Waals surface area contributed by atoms with Crippen molar-refractivity contribution in [3.05, 3.63) is 69.0 Å². The molecule has 0 amide bonds. The summed E-state index contributed by atoms with van der Waals surface area (Å²) in [5.41, 5.74) is 2.74. The number of thiazole rings is 1. The Morgan fingerprint density at radius 2 is 1.86 bits per heavy atom. The Balaban J connectivity index is 1.80. The first-order valence-corrected chi connectivity index (χ1v) is 10.9. The Bertz CT molecular complexity index is 990. The number of nitrogens with zero attached hydrogens (tertiary/aromatic N) is 1. The molecule has 0 aliphatic heterocycles. The van der Waals surface area contributed by atoms with E-state index < -0.39 is 11.9 Å². The van der Waals surface area contributed by atoms with Crippen molar-refractivity contribution in [2.45, 2.75) is 26.2 Å². The van der Waals surface area contributed by atoms with Gasteiger partial charge >= 0.3 is 5.97 Å². The van der Waals surface area contributed by atoms with Crippen LogP contribution in [0.1, 0.15) is 30.2 Å². The second kappa shape index (κ2) is 9.61. The van der Waals surface area contributed by atoms with Gasteiger partial charge in [0.2, 0.25) is 0 Å². The molecule has 4 nitrogen and oxygen atoms in total. The molecular formula is C22H22Cl2N2O2S. The molecule has 3 aromatic rings. The van der Waals surface area contributed by atoms with Gasteiger partial charge in [-0.2, -0.15) is 0 Å². The van der Waals surface area contributed by atoms with E-state index in [1.165, 1.54) is 0 Å². The molecule has 0 saturated carbocycles. The van der Waals surface area contributed by atoms with Crippen LogP contribution in [0.25, 0.3) is 11.3 Å². The molecule has 0 aliphatic rings. The van der Waals surface area contributed by atoms with Crippen LogP contribution in [0.2, 0.25) is 10.0 Å². The molecule has 0 bridgehead atoms. The molecule has 3 rings (SSSR count). The van der Waals surface area contributed by atoms with Gasteiger partial charge in [-0.25, -0.2) is 4.98 Å². The van der Waals surface area contributed by atoms with Gasteiger partial charge in [-0.05, 0) is 30.0 Å². The summed E-state index contributed by atoms with van der Waals surface area (Å²) in [4.78, 5) is 17.5. The van der Waals surface area contributed by atoms with Crippen molar-refractivity contribution in [1.82, 2.24) is 4.98 Å². The zero-order valence-electron chi connectivity index (χ0n) is 16.2. The molecule has 1 aromatic heterocycles. The second-order valence-electron chi connectivity index (χ2n) is 7.12. The number of nitrogens with one attached hydrogen (secondary N) is 1. The van der Waals surface area contributed by atoms with E-state index in [1.54, 1.807) is 17.4 Å². The van der Waals surface area contributed by atoms with Gasteiger partial charge in [0, 0.05) is 17.0 Å². The lowest BCUT2D eigenvalue weighted by atomic mass is 9.99. The third-order valence-electron chi connectivity index (χ3n) is 4.54. The highest BCUT2D eigenvalue weighted by molar-refractivity contribution is 7.16. The summed E-state index contributed by atoms with van der Waals surface area (Å²) in [5.74, 6) is -1.10. The maximum absolute atomic E-state index is 11.7. The molecular weight excluding hydrogens is 427 g/mol. The summed E-state index contributed by atoms with van der Waals surface area (Å²) in [5, 5.41) is 14.5. The smallest absolute Gasteiger partial charge is 0.308 e. The number of benzene rings is 2. The van der Waals surface area contributed by atoms with Crippen LogP contribution in [0.15, 0.2) is 48.5 Å². The van der Waals surface area contributed by atoms with Crippen LogP contribution in [0.3, 0.4) is 0 Å². The number of carbonyl (C=O) groups is 1. The SMILES string of the molecule is CC(C)c1sc(NCC(Cc2ccccc2)C(=O)O)nc1-c1ccc(Cl)c(Cl)c1. The minimum atomic E-state index is -0.827. The molecule has 0 fully saturated rings. The number of rotatable bonds is 8. The first-order valence-electron chi connectivity index (χ1n) is 9.32. The van der Waals surface area contributed by atoms with Crippen molar-refractivity contribution in [2.75, 3.05) is 11.9 Å². The van der Waals surface area contributed by atoms with Crippen molar-refractivity contribution in [2.24, 2.45) is 5.92 Å². The lowest BCUT2D eigenvalue weighted by molar-refractivity contribution is -0.141. The first-order chi connectivity index (χ1) is 13.8. The fourth-order valence-electron chi connectivity index (χ4n) is 3.01. The van der Waals surface area contributed by atoms with Crippen molar-refractivity contribution in [3.8, 4) is 11.3 Å². The zero-order valence-corrected chi connectivity index (χ0v) is 18.5. The van der Waals surface area contributed by atoms with Crippen molar-refractivity contribution in [3.63, 3.8) is 0 Å². The molecule has 0 aliphatic carbocycles. The van der Waals surface area contributed by atoms with Gasteiger partial charge in [0.05, 0.1) is 21.7 Å². The van der Waals surface area contributed by atoms with Crippen LogP contribution in [0, 0.1) is 5.92 Å². The van der Waals surface area contributed by atoms with Crippen LogP contribution in [0.4, 0.5) is 5.13 Å². The Morgan fingerprint density at radius 3 is 2.48 bits per heavy atom. The molecule has 2 aromatic carbocycles. The molecule has 29 heavy (non-hydrogen) atoms. The zero-order chi connectivity index (χ0) is 21.0. The number of carboxylic acid groups (broad SMARTS) is 1. The van der Waals surface area contributed by atoms with E-state index >= 15 is 0 Å². The van der Waals surface area contributed by atoms with Gasteiger partial charge < -0.3 is 10.4 Å². The number of hydrogen-bond donors (Lipinski definition) is 2. The number of carboxylic acids is 1. The Hall–Kier alpha value is -2.08. The van der Waals surface area contributed by atoms with Gasteiger partial charge in [0.15, 0.2) is 5.13 Å². The fourth-order valence-corrected chi connectivity index (χ4v) is 4.30. The third-order valence-corrected chi connectivity index (χ3v) is 6.60. The highest BCUT2D eigenvalue weighted by Gasteiger charge is 2.21. The summed E-state index contributed by atoms with van der Waals surface area (Å²) >= 11 is 13.8. The van der Waals surface area contributed by atoms with Crippen LogP contribution in [-0.4, -0.2) is 22.6 Å². The molecule has 1 heterocycles. The van der Waals surface area contributed by atoms with Gasteiger partial charge in [0.1, 0.15) is 0 Å². The summed E-state index contributed by atoms with van der Waals surface area (Å²) < 4.78 is 0. The molecule has 0 spiro atoms. The standard InChI is InChI=1S/C22H22Cl2N2O2S/c1-13(2)20-19(15-8-9-17(23)18(24)11-15)26-22(29-20)25-12-16(21(27)28)10-14-6-4-3-5-7-14/h3-9,11,13,16H,10,12H2,1-2H3,(H,25,26)(H,27,28). The van der Waals surface area contributed by atoms with Crippen molar-refractivity contribution >= 4 is 45.6 Å². The number of aromatic nitrogens is 1. The minimum absolute atomic E-state index is 0.270. The molecule has 152 valence electrons. The number of anilines is 1. The van der Waals surface area contributed by atoms with Crippen molar-refractivity contribution < 1.29 is 9.90 Å². The molecule has 2 N–H and O–H groups in total. The van der Waals surface area contributed by atoms with Gasteiger partial charge in [-0.3, -0.25) is 4.79 Å². The molecule has 0 radical (unpaired) electrons. The quantitative estimate of drug-likeness (QED) is 0.407. The third kappa shape index (κ3) is 5.50. The van der Waals surface area contributed by atoms with E-state index in [0.717, 1.165) is 21.7 Å². The second-order valence-corrected chi connectivity index (χ2v) is 8.97. The van der Waals surface area contributed by atoms with Crippen LogP contribution < -0.4 is 5.32 Å². The lowest BCUT2D eigenvalue weighted by Gasteiger charge is -2.13. The maximum atomic E-state index is 11.7. The van der Waals surface area contributed by atoms with E-state index in [2.05, 4.69) is 19.2 Å². The molecule has 1 unspecified atom stereocenters. The summed E-state index contributed by atoms with van der Waals surface area (Å²) in [6.07, 6.45) is 0.464. The van der Waals surface area contributed by atoms with E-state index in [-0.39, 0.29) is 5.92 Å². The Morgan fingerprint density at radius 1 is 1.14 bits per heavy atom. The molecule has 7 heteroatoms. The number of halogens is 2. The van der Waals surface area contributed by atoms with Crippen molar-refractivity contribution in [1.29, 1.82) is 0 Å². The Kier molecular flexibility index (Phi) is 7.17. The van der Waals surface area contributed by atoms with E-state index in [1.807, 2.05) is 42.5 Å². The van der Waals surface area contributed by atoms with Gasteiger partial charge in [0.25, 0.3) is 0 Å². The molecule has 1 atom stereocenters. The topological polar surface area (TPSA) is 62.2 Å². The average Bonchev–Trinajstić information content (AvgIpc) is 3.12. The summed E-state index contributed by atoms with van der Waals surface area (Å²) in [6, 6.07) is 15.1. The molecule has 0 saturated heterocycles. The van der Waals surface area contributed by atoms with E-state index in [9.17, 15) is 9.90 Å². The first kappa shape index (κ1) is 21.6. The summed E-state index contributed by atoms with van der Waals surface area (Å²) in [7, 11) is 0. The number of aliphatic carboxylic acids is 1. The Labute approximate surface area is 184 Å². The van der Waals surface area contributed by atoms with E-state index in [4.69, 9.17) is 28.2 Å². The summed E-state index contributed by atoms with van der Waals surface area (Å²) in [6.45, 7) is 4.51. The van der Waals surface area contributed by atoms with Crippen LogP contribution >= 0.6 is 34.5 Å². The van der Waals surface area contributed by atoms with Crippen LogP contribution in [0.5, 0.6) is 0 Å². The number of hydrogen-bond acceptors (Lipinski definition) is 4. The fraction of sp³-hybridized carbons (Fsp3) is 0.273. The predicted molar refractivity (Wildman–Crippen MR) is 121 cm³/mol. The monoisotopic (exact) mass is 448 g/mol. The minimum Gasteiger partial charge on any atom is -0.481 e. The van der Waals surface area contributed by atoms with Crippen LogP contribution in [-0.2, 0) is 11.2 Å². The predicted octanol–water partition coefficient (Wildman–Crippen LogP) is 6.60. The van der Waals surface area contributed by atoms with E-state index in [0.29, 0.717) is 28.1 Å². The maximum Gasteiger partial charge on any atom is 0.308 e. The lowest BCUT2D eigenvalue weighted by Crippen LogP contribution is -2.25. The largest absolute Gasteiger partial charge is 0.481 e. The average molecular weight is 449 g/mol. The van der Waals surface area contributed by atoms with Gasteiger partial charge in [-0.15, -0.1) is 11.3 Å². The highest BCUT2D eigenvalue weighted by Crippen LogP contribution is 2.38.